The molecule has 1 aliphatic rings. The SMILES string of the molecule is CNCCCC(=O)Nc1ccc(CCN2CCSCC2)cc1.Cl.Cl. The quantitative estimate of drug-likeness (QED) is 0.666. The van der Waals surface area contributed by atoms with E-state index < -0.39 is 0 Å². The second kappa shape index (κ2) is 13.8. The molecule has 0 radical (unpaired) electrons. The van der Waals surface area contributed by atoms with Crippen LogP contribution in [0, 0.1) is 0 Å². The second-order valence-corrected chi connectivity index (χ2v) is 6.88. The molecular formula is C17H29Cl2N3OS. The maximum absolute atomic E-state index is 11.8. The third-order valence-corrected chi connectivity index (χ3v) is 4.83. The van der Waals surface area contributed by atoms with Crippen LogP contribution < -0.4 is 10.6 Å². The topological polar surface area (TPSA) is 44.4 Å². The van der Waals surface area contributed by atoms with Gasteiger partial charge in [0.15, 0.2) is 0 Å². The molecule has 0 aliphatic carbocycles. The van der Waals surface area contributed by atoms with Crippen LogP contribution in [0.2, 0.25) is 0 Å². The standard InChI is InChI=1S/C17H27N3OS.2ClH/c1-18-9-2-3-17(21)19-16-6-4-15(5-7-16)8-10-20-11-13-22-14-12-20;;/h4-7,18H,2-3,8-14H2,1H3,(H,19,21);2*1H. The Morgan fingerprint density at radius 2 is 1.83 bits per heavy atom. The number of benzene rings is 1. The van der Waals surface area contributed by atoms with Crippen LogP contribution in [-0.4, -0.2) is 55.5 Å². The van der Waals surface area contributed by atoms with Gasteiger partial charge in [-0.1, -0.05) is 12.1 Å². The highest BCUT2D eigenvalue weighted by Crippen LogP contribution is 2.13. The van der Waals surface area contributed by atoms with Crippen molar-refractivity contribution in [2.24, 2.45) is 0 Å². The van der Waals surface area contributed by atoms with E-state index in [1.54, 1.807) is 0 Å². The molecular weight excluding hydrogens is 365 g/mol. The number of hydrogen-bond acceptors (Lipinski definition) is 4. The lowest BCUT2D eigenvalue weighted by molar-refractivity contribution is -0.116. The Morgan fingerprint density at radius 1 is 1.17 bits per heavy atom. The molecule has 2 rings (SSSR count). The number of anilines is 1. The van der Waals surface area contributed by atoms with Crippen molar-refractivity contribution in [2.45, 2.75) is 19.3 Å². The Bertz CT molecular complexity index is 454. The van der Waals surface area contributed by atoms with Gasteiger partial charge < -0.3 is 15.5 Å². The fourth-order valence-corrected chi connectivity index (χ4v) is 3.49. The van der Waals surface area contributed by atoms with Crippen LogP contribution >= 0.6 is 36.6 Å². The summed E-state index contributed by atoms with van der Waals surface area (Å²) < 4.78 is 0. The molecule has 4 nitrogen and oxygen atoms in total. The Labute approximate surface area is 162 Å². The normalized spacial score (nSPS) is 14.4. The van der Waals surface area contributed by atoms with E-state index in [9.17, 15) is 4.79 Å². The lowest BCUT2D eigenvalue weighted by Gasteiger charge is -2.26. The van der Waals surface area contributed by atoms with Crippen LogP contribution in [0.4, 0.5) is 5.69 Å². The number of amides is 1. The van der Waals surface area contributed by atoms with Crippen LogP contribution in [-0.2, 0) is 11.2 Å². The Kier molecular flexibility index (Phi) is 13.5. The zero-order valence-corrected chi connectivity index (χ0v) is 16.7. The summed E-state index contributed by atoms with van der Waals surface area (Å²) in [5.74, 6) is 2.62. The zero-order valence-electron chi connectivity index (χ0n) is 14.3. The number of carbonyl (C=O) groups is 1. The predicted octanol–water partition coefficient (Wildman–Crippen LogP) is 3.06. The molecule has 2 N–H and O–H groups in total. The maximum atomic E-state index is 11.8. The van der Waals surface area contributed by atoms with E-state index in [1.807, 2.05) is 30.9 Å². The maximum Gasteiger partial charge on any atom is 0.224 e. The van der Waals surface area contributed by atoms with Crippen molar-refractivity contribution in [1.29, 1.82) is 0 Å². The third-order valence-electron chi connectivity index (χ3n) is 3.89. The minimum Gasteiger partial charge on any atom is -0.326 e. The molecule has 0 spiro atoms. The average molecular weight is 394 g/mol. The van der Waals surface area contributed by atoms with E-state index in [0.29, 0.717) is 6.42 Å². The van der Waals surface area contributed by atoms with Gasteiger partial charge in [0.25, 0.3) is 0 Å². The molecule has 0 atom stereocenters. The molecule has 1 saturated heterocycles. The summed E-state index contributed by atoms with van der Waals surface area (Å²) in [4.78, 5) is 14.3. The van der Waals surface area contributed by atoms with Gasteiger partial charge in [0.05, 0.1) is 0 Å². The molecule has 24 heavy (non-hydrogen) atoms. The number of carbonyl (C=O) groups excluding carboxylic acids is 1. The van der Waals surface area contributed by atoms with Gasteiger partial charge in [-0.3, -0.25) is 4.79 Å². The van der Waals surface area contributed by atoms with Gasteiger partial charge in [-0.25, -0.2) is 0 Å². The number of nitrogens with zero attached hydrogens (tertiary/aromatic N) is 1. The van der Waals surface area contributed by atoms with E-state index >= 15 is 0 Å². The first kappa shape index (κ1) is 23.5. The fourth-order valence-electron chi connectivity index (χ4n) is 2.52. The average Bonchev–Trinajstić information content (AvgIpc) is 2.55. The van der Waals surface area contributed by atoms with Crippen LogP contribution in [0.15, 0.2) is 24.3 Å². The zero-order chi connectivity index (χ0) is 15.6. The summed E-state index contributed by atoms with van der Waals surface area (Å²) in [5, 5.41) is 6.00. The van der Waals surface area contributed by atoms with Crippen molar-refractivity contribution in [3.63, 3.8) is 0 Å². The largest absolute Gasteiger partial charge is 0.326 e. The molecule has 0 unspecified atom stereocenters. The molecule has 1 aromatic carbocycles. The monoisotopic (exact) mass is 393 g/mol. The highest BCUT2D eigenvalue weighted by molar-refractivity contribution is 7.99. The number of hydrogen-bond donors (Lipinski definition) is 2. The first-order valence-corrected chi connectivity index (χ1v) is 9.27. The summed E-state index contributed by atoms with van der Waals surface area (Å²) in [7, 11) is 1.90. The predicted molar refractivity (Wildman–Crippen MR) is 110 cm³/mol. The fraction of sp³-hybridized carbons (Fsp3) is 0.588. The molecule has 0 bridgehead atoms. The van der Waals surface area contributed by atoms with Crippen molar-refractivity contribution in [2.75, 3.05) is 50.0 Å². The summed E-state index contributed by atoms with van der Waals surface area (Å²) in [5.41, 5.74) is 2.24. The molecule has 1 aliphatic heterocycles. The first-order valence-electron chi connectivity index (χ1n) is 8.11. The summed E-state index contributed by atoms with van der Waals surface area (Å²) >= 11 is 2.05. The van der Waals surface area contributed by atoms with E-state index in [4.69, 9.17) is 0 Å². The lowest BCUT2D eigenvalue weighted by atomic mass is 10.1. The van der Waals surface area contributed by atoms with E-state index in [1.165, 1.54) is 30.2 Å². The third kappa shape index (κ3) is 9.14. The molecule has 1 heterocycles. The van der Waals surface area contributed by atoms with E-state index in [-0.39, 0.29) is 30.7 Å². The smallest absolute Gasteiger partial charge is 0.224 e. The molecule has 1 fully saturated rings. The van der Waals surface area contributed by atoms with Crippen LogP contribution in [0.25, 0.3) is 0 Å². The number of nitrogens with one attached hydrogen (secondary N) is 2. The van der Waals surface area contributed by atoms with Gasteiger partial charge in [0.2, 0.25) is 5.91 Å². The first-order chi connectivity index (χ1) is 10.8. The van der Waals surface area contributed by atoms with Gasteiger partial charge in [0.1, 0.15) is 0 Å². The minimum atomic E-state index is 0. The number of thioether (sulfide) groups is 1. The van der Waals surface area contributed by atoms with Crippen molar-refractivity contribution in [3.05, 3.63) is 29.8 Å². The van der Waals surface area contributed by atoms with Crippen molar-refractivity contribution < 1.29 is 4.79 Å². The summed E-state index contributed by atoms with van der Waals surface area (Å²) in [6.45, 7) is 4.44. The molecule has 0 saturated carbocycles. The second-order valence-electron chi connectivity index (χ2n) is 5.66. The van der Waals surface area contributed by atoms with Crippen molar-refractivity contribution in [3.8, 4) is 0 Å². The molecule has 1 amide bonds. The van der Waals surface area contributed by atoms with Crippen LogP contribution in [0.1, 0.15) is 18.4 Å². The van der Waals surface area contributed by atoms with Crippen molar-refractivity contribution in [1.82, 2.24) is 10.2 Å². The van der Waals surface area contributed by atoms with Crippen molar-refractivity contribution >= 4 is 48.2 Å². The van der Waals surface area contributed by atoms with Gasteiger partial charge >= 0.3 is 0 Å². The molecule has 0 aromatic heterocycles. The van der Waals surface area contributed by atoms with E-state index in [2.05, 4.69) is 27.7 Å². The Balaban J connectivity index is 0.00000264. The highest BCUT2D eigenvalue weighted by Gasteiger charge is 2.09. The number of rotatable bonds is 8. The van der Waals surface area contributed by atoms with Gasteiger partial charge in [-0.15, -0.1) is 24.8 Å². The Morgan fingerprint density at radius 3 is 2.46 bits per heavy atom. The number of halogens is 2. The molecule has 138 valence electrons. The van der Waals surface area contributed by atoms with Crippen LogP contribution in [0.5, 0.6) is 0 Å². The summed E-state index contributed by atoms with van der Waals surface area (Å²) in [6, 6.07) is 8.28. The summed E-state index contributed by atoms with van der Waals surface area (Å²) in [6.07, 6.45) is 2.52. The molecule has 1 aromatic rings. The van der Waals surface area contributed by atoms with Gasteiger partial charge in [-0.05, 0) is 44.1 Å². The molecule has 7 heteroatoms. The Hall–Kier alpha value is -0.460. The lowest BCUT2D eigenvalue weighted by Crippen LogP contribution is -2.34. The highest BCUT2D eigenvalue weighted by atomic mass is 35.5. The van der Waals surface area contributed by atoms with Gasteiger partial charge in [-0.2, -0.15) is 11.8 Å². The van der Waals surface area contributed by atoms with Gasteiger partial charge in [0, 0.05) is 43.2 Å². The van der Waals surface area contributed by atoms with Crippen LogP contribution in [0.3, 0.4) is 0 Å². The minimum absolute atomic E-state index is 0. The van der Waals surface area contributed by atoms with E-state index in [0.717, 1.165) is 31.6 Å².